The zero-order valence-electron chi connectivity index (χ0n) is 14.1. The number of nitrogens with one attached hydrogen (secondary N) is 1. The first kappa shape index (κ1) is 17.3. The van der Waals surface area contributed by atoms with Crippen molar-refractivity contribution in [3.8, 4) is 5.75 Å². The van der Waals surface area contributed by atoms with Crippen molar-refractivity contribution in [3.05, 3.63) is 58.6 Å². The smallest absolute Gasteiger partial charge is 0.255 e. The van der Waals surface area contributed by atoms with Crippen LogP contribution in [0.1, 0.15) is 22.3 Å². The van der Waals surface area contributed by atoms with Crippen LogP contribution in [0.2, 0.25) is 5.02 Å². The molecule has 2 aromatic carbocycles. The average Bonchev–Trinajstić information content (AvgIpc) is 2.95. The maximum atomic E-state index is 12.5. The second-order valence-corrected chi connectivity index (χ2v) is 6.50. The number of ether oxygens (including phenoxy) is 1. The SMILES string of the molecule is COc1ccc(Cl)cc1C(=O)N[C@@H]1CC(=O)N(c2ccc(C)cc2)C1. The molecule has 1 atom stereocenters. The van der Waals surface area contributed by atoms with Gasteiger partial charge in [0.15, 0.2) is 0 Å². The third-order valence-corrected chi connectivity index (χ3v) is 4.45. The van der Waals surface area contributed by atoms with Crippen molar-refractivity contribution in [2.75, 3.05) is 18.6 Å². The fourth-order valence-corrected chi connectivity index (χ4v) is 3.07. The molecule has 25 heavy (non-hydrogen) atoms. The minimum Gasteiger partial charge on any atom is -0.496 e. The molecule has 0 radical (unpaired) electrons. The Bertz CT molecular complexity index is 805. The molecular weight excluding hydrogens is 340 g/mol. The molecular formula is C19H19ClN2O3. The van der Waals surface area contributed by atoms with Crippen molar-refractivity contribution in [1.29, 1.82) is 0 Å². The summed E-state index contributed by atoms with van der Waals surface area (Å²) < 4.78 is 5.21. The highest BCUT2D eigenvalue weighted by Crippen LogP contribution is 2.25. The minimum absolute atomic E-state index is 0.00721. The zero-order valence-corrected chi connectivity index (χ0v) is 14.8. The number of hydrogen-bond acceptors (Lipinski definition) is 3. The van der Waals surface area contributed by atoms with Gasteiger partial charge in [-0.05, 0) is 37.3 Å². The Hall–Kier alpha value is -2.53. The molecule has 1 fully saturated rings. The van der Waals surface area contributed by atoms with Gasteiger partial charge in [0.2, 0.25) is 5.91 Å². The van der Waals surface area contributed by atoms with E-state index >= 15 is 0 Å². The highest BCUT2D eigenvalue weighted by molar-refractivity contribution is 6.31. The van der Waals surface area contributed by atoms with Crippen molar-refractivity contribution in [1.82, 2.24) is 5.32 Å². The summed E-state index contributed by atoms with van der Waals surface area (Å²) in [6.07, 6.45) is 0.266. The van der Waals surface area contributed by atoms with Crippen LogP contribution in [0.5, 0.6) is 5.75 Å². The Morgan fingerprint density at radius 2 is 1.96 bits per heavy atom. The van der Waals surface area contributed by atoms with Crippen molar-refractivity contribution >= 4 is 29.1 Å². The van der Waals surface area contributed by atoms with Gasteiger partial charge in [-0.2, -0.15) is 0 Å². The van der Waals surface area contributed by atoms with Crippen LogP contribution in [0.3, 0.4) is 0 Å². The van der Waals surface area contributed by atoms with Gasteiger partial charge in [0.05, 0.1) is 18.7 Å². The van der Waals surface area contributed by atoms with Crippen LogP contribution >= 0.6 is 11.6 Å². The molecule has 0 saturated carbocycles. The Labute approximate surface area is 151 Å². The van der Waals surface area contributed by atoms with E-state index in [0.717, 1.165) is 11.3 Å². The highest BCUT2D eigenvalue weighted by Gasteiger charge is 2.32. The van der Waals surface area contributed by atoms with Gasteiger partial charge < -0.3 is 15.0 Å². The van der Waals surface area contributed by atoms with Gasteiger partial charge in [0.1, 0.15) is 5.75 Å². The molecule has 0 spiro atoms. The molecule has 1 aliphatic heterocycles. The number of rotatable bonds is 4. The largest absolute Gasteiger partial charge is 0.496 e. The molecule has 0 aliphatic carbocycles. The molecule has 1 saturated heterocycles. The molecule has 1 N–H and O–H groups in total. The quantitative estimate of drug-likeness (QED) is 0.913. The van der Waals surface area contributed by atoms with Crippen molar-refractivity contribution in [2.45, 2.75) is 19.4 Å². The van der Waals surface area contributed by atoms with Gasteiger partial charge in [-0.25, -0.2) is 0 Å². The first-order valence-electron chi connectivity index (χ1n) is 7.99. The van der Waals surface area contributed by atoms with Gasteiger partial charge >= 0.3 is 0 Å². The third kappa shape index (κ3) is 3.77. The zero-order chi connectivity index (χ0) is 18.0. The first-order chi connectivity index (χ1) is 12.0. The lowest BCUT2D eigenvalue weighted by molar-refractivity contribution is -0.117. The maximum absolute atomic E-state index is 12.5. The van der Waals surface area contributed by atoms with E-state index in [1.807, 2.05) is 31.2 Å². The Kier molecular flexibility index (Phi) is 4.95. The van der Waals surface area contributed by atoms with Gasteiger partial charge in [-0.15, -0.1) is 0 Å². The van der Waals surface area contributed by atoms with E-state index in [4.69, 9.17) is 16.3 Å². The number of benzene rings is 2. The number of anilines is 1. The van der Waals surface area contributed by atoms with Crippen LogP contribution in [0.15, 0.2) is 42.5 Å². The fourth-order valence-electron chi connectivity index (χ4n) is 2.90. The number of amides is 2. The highest BCUT2D eigenvalue weighted by atomic mass is 35.5. The van der Waals surface area contributed by atoms with Crippen LogP contribution in [0.25, 0.3) is 0 Å². The first-order valence-corrected chi connectivity index (χ1v) is 8.37. The maximum Gasteiger partial charge on any atom is 0.255 e. The molecule has 3 rings (SSSR count). The summed E-state index contributed by atoms with van der Waals surface area (Å²) >= 11 is 5.98. The summed E-state index contributed by atoms with van der Waals surface area (Å²) in [5, 5.41) is 3.35. The number of methoxy groups -OCH3 is 1. The van der Waals surface area contributed by atoms with E-state index < -0.39 is 0 Å². The predicted octanol–water partition coefficient (Wildman–Crippen LogP) is 3.19. The van der Waals surface area contributed by atoms with E-state index in [2.05, 4.69) is 5.32 Å². The normalized spacial score (nSPS) is 16.8. The van der Waals surface area contributed by atoms with Crippen LogP contribution < -0.4 is 15.0 Å². The van der Waals surface area contributed by atoms with Gasteiger partial charge in [-0.3, -0.25) is 9.59 Å². The third-order valence-electron chi connectivity index (χ3n) is 4.21. The van der Waals surface area contributed by atoms with E-state index in [1.54, 1.807) is 23.1 Å². The van der Waals surface area contributed by atoms with Gasteiger partial charge in [0, 0.05) is 23.7 Å². The number of carbonyl (C=O) groups excluding carboxylic acids is 2. The molecule has 2 amide bonds. The lowest BCUT2D eigenvalue weighted by Gasteiger charge is -2.18. The fraction of sp³-hybridized carbons (Fsp3) is 0.263. The van der Waals surface area contributed by atoms with Crippen LogP contribution in [-0.2, 0) is 4.79 Å². The molecule has 2 aromatic rings. The van der Waals surface area contributed by atoms with E-state index in [9.17, 15) is 9.59 Å². The van der Waals surface area contributed by atoms with Crippen molar-refractivity contribution in [2.24, 2.45) is 0 Å². The molecule has 1 aliphatic rings. The lowest BCUT2D eigenvalue weighted by atomic mass is 10.1. The molecule has 0 unspecified atom stereocenters. The summed E-state index contributed by atoms with van der Waals surface area (Å²) in [6.45, 7) is 2.44. The number of halogens is 1. The van der Waals surface area contributed by atoms with Crippen molar-refractivity contribution < 1.29 is 14.3 Å². The Balaban J connectivity index is 1.72. The van der Waals surface area contributed by atoms with Crippen LogP contribution in [0, 0.1) is 6.92 Å². The second kappa shape index (κ2) is 7.15. The monoisotopic (exact) mass is 358 g/mol. The van der Waals surface area contributed by atoms with Crippen LogP contribution in [0.4, 0.5) is 5.69 Å². The topological polar surface area (TPSA) is 58.6 Å². The van der Waals surface area contributed by atoms with E-state index in [0.29, 0.717) is 22.9 Å². The standard InChI is InChI=1S/C19H19ClN2O3/c1-12-3-6-15(7-4-12)22-11-14(10-18(22)23)21-19(24)16-9-13(20)5-8-17(16)25-2/h3-9,14H,10-11H2,1-2H3,(H,21,24)/t14-/m1/s1. The predicted molar refractivity (Wildman–Crippen MR) is 97.4 cm³/mol. The molecule has 1 heterocycles. The number of aryl methyl sites for hydroxylation is 1. The minimum atomic E-state index is -0.303. The Morgan fingerprint density at radius 1 is 1.24 bits per heavy atom. The summed E-state index contributed by atoms with van der Waals surface area (Å²) in [5.74, 6) is 0.136. The number of carbonyl (C=O) groups is 2. The van der Waals surface area contributed by atoms with Crippen molar-refractivity contribution in [3.63, 3.8) is 0 Å². The summed E-state index contributed by atoms with van der Waals surface area (Å²) in [7, 11) is 1.50. The summed E-state index contributed by atoms with van der Waals surface area (Å²) in [6, 6.07) is 12.4. The lowest BCUT2D eigenvalue weighted by Crippen LogP contribution is -2.37. The number of nitrogens with zero attached hydrogens (tertiary/aromatic N) is 1. The van der Waals surface area contributed by atoms with E-state index in [1.165, 1.54) is 7.11 Å². The molecule has 130 valence electrons. The molecule has 5 nitrogen and oxygen atoms in total. The second-order valence-electron chi connectivity index (χ2n) is 6.06. The molecule has 0 bridgehead atoms. The average molecular weight is 359 g/mol. The van der Waals surface area contributed by atoms with E-state index in [-0.39, 0.29) is 24.3 Å². The summed E-state index contributed by atoms with van der Waals surface area (Å²) in [5.41, 5.74) is 2.33. The van der Waals surface area contributed by atoms with Gasteiger partial charge in [0.25, 0.3) is 5.91 Å². The molecule has 0 aromatic heterocycles. The summed E-state index contributed by atoms with van der Waals surface area (Å²) in [4.78, 5) is 26.5. The molecule has 6 heteroatoms. The number of hydrogen-bond donors (Lipinski definition) is 1. The van der Waals surface area contributed by atoms with Gasteiger partial charge in [-0.1, -0.05) is 29.3 Å². The van der Waals surface area contributed by atoms with Crippen LogP contribution in [-0.4, -0.2) is 31.5 Å². The Morgan fingerprint density at radius 3 is 2.64 bits per heavy atom.